The van der Waals surface area contributed by atoms with Crippen LogP contribution in [-0.2, 0) is 4.79 Å². The maximum Gasteiger partial charge on any atom is 0.234 e. The zero-order chi connectivity index (χ0) is 13.0. The van der Waals surface area contributed by atoms with Crippen LogP contribution in [0.2, 0.25) is 0 Å². The summed E-state index contributed by atoms with van der Waals surface area (Å²) in [6.45, 7) is 8.31. The van der Waals surface area contributed by atoms with Crippen LogP contribution in [0.5, 0.6) is 0 Å². The van der Waals surface area contributed by atoms with Crippen LogP contribution in [0.4, 0.5) is 0 Å². The molecule has 17 heavy (non-hydrogen) atoms. The number of nitrogens with two attached hydrogens (primary N) is 1. The van der Waals surface area contributed by atoms with Crippen LogP contribution in [0.1, 0.15) is 38.6 Å². The molecule has 0 saturated carbocycles. The highest BCUT2D eigenvalue weighted by molar-refractivity contribution is 7.10. The van der Waals surface area contributed by atoms with E-state index in [9.17, 15) is 4.79 Å². The molecule has 0 saturated heterocycles. The molecule has 1 heterocycles. The first-order chi connectivity index (χ1) is 7.93. The van der Waals surface area contributed by atoms with E-state index in [1.54, 1.807) is 11.3 Å². The molecule has 1 aromatic rings. The number of primary amides is 1. The molecule has 0 fully saturated rings. The van der Waals surface area contributed by atoms with Crippen LogP contribution in [0, 0.1) is 11.8 Å². The lowest BCUT2D eigenvalue weighted by atomic mass is 9.97. The van der Waals surface area contributed by atoms with Gasteiger partial charge in [-0.3, -0.25) is 10.1 Å². The van der Waals surface area contributed by atoms with Gasteiger partial charge in [0.15, 0.2) is 0 Å². The summed E-state index contributed by atoms with van der Waals surface area (Å²) in [5, 5.41) is 5.45. The van der Waals surface area contributed by atoms with Crippen molar-refractivity contribution >= 4 is 17.2 Å². The third-order valence-electron chi connectivity index (χ3n) is 2.85. The van der Waals surface area contributed by atoms with Gasteiger partial charge < -0.3 is 5.73 Å². The minimum atomic E-state index is -0.276. The highest BCUT2D eigenvalue weighted by Crippen LogP contribution is 2.27. The van der Waals surface area contributed by atoms with E-state index in [1.165, 1.54) is 4.88 Å². The molecule has 1 amide bonds. The lowest BCUT2D eigenvalue weighted by molar-refractivity contribution is -0.121. The number of hydrogen-bond acceptors (Lipinski definition) is 3. The Morgan fingerprint density at radius 3 is 2.29 bits per heavy atom. The van der Waals surface area contributed by atoms with Gasteiger partial charge in [-0.05, 0) is 23.3 Å². The largest absolute Gasteiger partial charge is 0.368 e. The number of carbonyl (C=O) groups is 1. The van der Waals surface area contributed by atoms with Crippen LogP contribution < -0.4 is 11.1 Å². The molecule has 3 N–H and O–H groups in total. The van der Waals surface area contributed by atoms with Gasteiger partial charge in [-0.2, -0.15) is 0 Å². The summed E-state index contributed by atoms with van der Waals surface area (Å²) >= 11 is 1.71. The number of nitrogens with one attached hydrogen (secondary N) is 1. The normalized spacial score (nSPS) is 15.2. The predicted octanol–water partition coefficient (Wildman–Crippen LogP) is 2.54. The molecule has 3 nitrogen and oxygen atoms in total. The standard InChI is InChI=1S/C13H22N2OS/c1-8(2)11(10-6-5-7-17-10)15-12(9(3)4)13(14)16/h5-9,11-12,15H,1-4H3,(H2,14,16). The Balaban J connectivity index is 2.83. The van der Waals surface area contributed by atoms with E-state index in [4.69, 9.17) is 5.73 Å². The minimum absolute atomic E-state index is 0.190. The molecule has 1 aromatic heterocycles. The maximum absolute atomic E-state index is 11.4. The van der Waals surface area contributed by atoms with Gasteiger partial charge in [0.1, 0.15) is 0 Å². The van der Waals surface area contributed by atoms with Gasteiger partial charge in [-0.15, -0.1) is 11.3 Å². The topological polar surface area (TPSA) is 55.1 Å². The molecule has 2 atom stereocenters. The molecule has 96 valence electrons. The first kappa shape index (κ1) is 14.2. The van der Waals surface area contributed by atoms with Crippen LogP contribution >= 0.6 is 11.3 Å². The van der Waals surface area contributed by atoms with Gasteiger partial charge in [0.05, 0.1) is 6.04 Å². The van der Waals surface area contributed by atoms with Crippen molar-refractivity contribution in [2.24, 2.45) is 17.6 Å². The van der Waals surface area contributed by atoms with Gasteiger partial charge in [0.2, 0.25) is 5.91 Å². The molecule has 0 radical (unpaired) electrons. The highest BCUT2D eigenvalue weighted by Gasteiger charge is 2.26. The van der Waals surface area contributed by atoms with Gasteiger partial charge in [-0.25, -0.2) is 0 Å². The third kappa shape index (κ3) is 3.82. The molecule has 4 heteroatoms. The average Bonchev–Trinajstić information content (AvgIpc) is 2.69. The average molecular weight is 254 g/mol. The zero-order valence-corrected chi connectivity index (χ0v) is 11.8. The second-order valence-electron chi connectivity index (χ2n) is 5.03. The molecular formula is C13H22N2OS. The van der Waals surface area contributed by atoms with E-state index in [0.717, 1.165) is 0 Å². The zero-order valence-electron chi connectivity index (χ0n) is 10.9. The molecular weight excluding hydrogens is 232 g/mol. The molecule has 0 spiro atoms. The Morgan fingerprint density at radius 1 is 1.29 bits per heavy atom. The van der Waals surface area contributed by atoms with E-state index >= 15 is 0 Å². The number of hydrogen-bond donors (Lipinski definition) is 2. The molecule has 0 aliphatic carbocycles. The second-order valence-corrected chi connectivity index (χ2v) is 6.01. The van der Waals surface area contributed by atoms with Gasteiger partial charge in [-0.1, -0.05) is 33.8 Å². The van der Waals surface area contributed by atoms with E-state index in [-0.39, 0.29) is 23.9 Å². The summed E-state index contributed by atoms with van der Waals surface area (Å²) in [5.74, 6) is 0.352. The van der Waals surface area contributed by atoms with E-state index in [1.807, 2.05) is 19.9 Å². The minimum Gasteiger partial charge on any atom is -0.368 e. The second kappa shape index (κ2) is 6.17. The maximum atomic E-state index is 11.4. The monoisotopic (exact) mass is 254 g/mol. The van der Waals surface area contributed by atoms with Crippen LogP contribution in [-0.4, -0.2) is 11.9 Å². The van der Waals surface area contributed by atoms with E-state index < -0.39 is 0 Å². The van der Waals surface area contributed by atoms with Crippen molar-refractivity contribution in [2.75, 3.05) is 0 Å². The van der Waals surface area contributed by atoms with Crippen molar-refractivity contribution in [3.8, 4) is 0 Å². The third-order valence-corrected chi connectivity index (χ3v) is 3.80. The Bertz CT molecular complexity index is 346. The number of rotatable bonds is 6. The summed E-state index contributed by atoms with van der Waals surface area (Å²) < 4.78 is 0. The number of amides is 1. The summed E-state index contributed by atoms with van der Waals surface area (Å²) in [5.41, 5.74) is 5.44. The number of thiophene rings is 1. The molecule has 0 aromatic carbocycles. The Labute approximate surface area is 107 Å². The lowest BCUT2D eigenvalue weighted by Crippen LogP contribution is -2.47. The summed E-state index contributed by atoms with van der Waals surface area (Å²) in [7, 11) is 0. The van der Waals surface area contributed by atoms with Crippen molar-refractivity contribution in [2.45, 2.75) is 39.8 Å². The molecule has 0 aliphatic rings. The van der Waals surface area contributed by atoms with Crippen molar-refractivity contribution in [1.29, 1.82) is 0 Å². The highest BCUT2D eigenvalue weighted by atomic mass is 32.1. The van der Waals surface area contributed by atoms with Crippen molar-refractivity contribution in [1.82, 2.24) is 5.32 Å². The molecule has 0 aliphatic heterocycles. The van der Waals surface area contributed by atoms with Gasteiger partial charge in [0, 0.05) is 10.9 Å². The Kier molecular flexibility index (Phi) is 5.15. The fourth-order valence-corrected chi connectivity index (χ4v) is 2.83. The molecule has 1 rings (SSSR count). The SMILES string of the molecule is CC(C)C(NC(c1cccs1)C(C)C)C(N)=O. The van der Waals surface area contributed by atoms with Gasteiger partial charge in [0.25, 0.3) is 0 Å². The fourth-order valence-electron chi connectivity index (χ4n) is 1.87. The predicted molar refractivity (Wildman–Crippen MR) is 72.9 cm³/mol. The Hall–Kier alpha value is -0.870. The first-order valence-corrected chi connectivity index (χ1v) is 6.90. The lowest BCUT2D eigenvalue weighted by Gasteiger charge is -2.28. The first-order valence-electron chi connectivity index (χ1n) is 6.02. The van der Waals surface area contributed by atoms with Crippen LogP contribution in [0.15, 0.2) is 17.5 Å². The quantitative estimate of drug-likeness (QED) is 0.819. The number of carbonyl (C=O) groups excluding carboxylic acids is 1. The van der Waals surface area contributed by atoms with E-state index in [2.05, 4.69) is 30.6 Å². The van der Waals surface area contributed by atoms with Crippen molar-refractivity contribution in [3.05, 3.63) is 22.4 Å². The smallest absolute Gasteiger partial charge is 0.234 e. The van der Waals surface area contributed by atoms with Crippen LogP contribution in [0.3, 0.4) is 0 Å². The molecule has 0 bridgehead atoms. The Morgan fingerprint density at radius 2 is 1.94 bits per heavy atom. The van der Waals surface area contributed by atoms with Crippen LogP contribution in [0.25, 0.3) is 0 Å². The molecule has 2 unspecified atom stereocenters. The summed E-state index contributed by atoms with van der Waals surface area (Å²) in [4.78, 5) is 12.7. The van der Waals surface area contributed by atoms with Gasteiger partial charge >= 0.3 is 0 Å². The van der Waals surface area contributed by atoms with E-state index in [0.29, 0.717) is 5.92 Å². The van der Waals surface area contributed by atoms with Crippen molar-refractivity contribution in [3.63, 3.8) is 0 Å². The summed E-state index contributed by atoms with van der Waals surface area (Å²) in [6, 6.07) is 4.05. The summed E-state index contributed by atoms with van der Waals surface area (Å²) in [6.07, 6.45) is 0. The van der Waals surface area contributed by atoms with Crippen molar-refractivity contribution < 1.29 is 4.79 Å². The fraction of sp³-hybridized carbons (Fsp3) is 0.615.